The predicted octanol–water partition coefficient (Wildman–Crippen LogP) is 3.70. The molecule has 0 spiro atoms. The molecule has 2 amide bonds. The first-order valence-electron chi connectivity index (χ1n) is 9.42. The smallest absolute Gasteiger partial charge is 0.322 e. The van der Waals surface area contributed by atoms with E-state index >= 15 is 0 Å². The van der Waals surface area contributed by atoms with Gasteiger partial charge in [-0.05, 0) is 48.7 Å². The Morgan fingerprint density at radius 1 is 1.43 bits per heavy atom. The normalized spacial score (nSPS) is 14.8. The van der Waals surface area contributed by atoms with Crippen molar-refractivity contribution >= 4 is 28.9 Å². The highest BCUT2D eigenvalue weighted by molar-refractivity contribution is 6.32. The number of pyridine rings is 1. The second kappa shape index (κ2) is 9.88. The van der Waals surface area contributed by atoms with Gasteiger partial charge in [0.15, 0.2) is 0 Å². The number of nitrogens with one attached hydrogen (secondary N) is 1. The standard InChI is InChI=1S/C21H23ClFN3O4/c1-13-8-16(2-3-19(13)30-12-23)25-21(29)26-6-4-14(5-7-26)20-17(22)9-15(10-24-20)18(28)11-27/h2-4,8-10,18,27-28H,5-7,11-12H2,1H3,(H,25,29)/t18-/m0/s1. The molecule has 0 unspecified atom stereocenters. The van der Waals surface area contributed by atoms with Crippen LogP contribution in [0.4, 0.5) is 14.9 Å². The maximum atomic E-state index is 12.6. The number of amides is 2. The molecule has 2 aromatic rings. The van der Waals surface area contributed by atoms with Crippen LogP contribution in [0.5, 0.6) is 5.75 Å². The van der Waals surface area contributed by atoms with Gasteiger partial charge in [0.2, 0.25) is 6.86 Å². The Hall–Kier alpha value is -2.68. The van der Waals surface area contributed by atoms with Crippen LogP contribution in [0.3, 0.4) is 0 Å². The number of anilines is 1. The molecule has 3 N–H and O–H groups in total. The van der Waals surface area contributed by atoms with Crippen molar-refractivity contribution in [2.45, 2.75) is 19.4 Å². The molecule has 0 fully saturated rings. The van der Waals surface area contributed by atoms with E-state index in [1.165, 1.54) is 6.20 Å². The first-order chi connectivity index (χ1) is 14.4. The molecular formula is C21H23ClFN3O4. The maximum Gasteiger partial charge on any atom is 0.322 e. The summed E-state index contributed by atoms with van der Waals surface area (Å²) in [5, 5.41) is 21.9. The van der Waals surface area contributed by atoms with Crippen LogP contribution in [-0.2, 0) is 0 Å². The summed E-state index contributed by atoms with van der Waals surface area (Å²) in [6.45, 7) is 1.34. The van der Waals surface area contributed by atoms with Crippen molar-refractivity contribution < 1.29 is 24.1 Å². The molecule has 1 aromatic carbocycles. The Morgan fingerprint density at radius 3 is 2.83 bits per heavy atom. The summed E-state index contributed by atoms with van der Waals surface area (Å²) < 4.78 is 17.2. The van der Waals surface area contributed by atoms with Crippen LogP contribution in [0.1, 0.15) is 29.3 Å². The van der Waals surface area contributed by atoms with Crippen LogP contribution in [0, 0.1) is 6.92 Å². The number of hydrogen-bond acceptors (Lipinski definition) is 5. The SMILES string of the molecule is Cc1cc(NC(=O)N2CC=C(c3ncc([C@@H](O)CO)cc3Cl)CC2)ccc1OCF. The monoisotopic (exact) mass is 435 g/mol. The number of aliphatic hydroxyl groups is 2. The predicted molar refractivity (Wildman–Crippen MR) is 112 cm³/mol. The van der Waals surface area contributed by atoms with E-state index in [1.807, 2.05) is 6.08 Å². The number of aliphatic hydroxyl groups excluding tert-OH is 2. The van der Waals surface area contributed by atoms with E-state index in [0.29, 0.717) is 47.2 Å². The molecule has 1 aliphatic rings. The Kier molecular flexibility index (Phi) is 7.25. The molecule has 1 aromatic heterocycles. The van der Waals surface area contributed by atoms with Crippen molar-refractivity contribution in [2.24, 2.45) is 0 Å². The average Bonchev–Trinajstić information content (AvgIpc) is 2.75. The molecule has 0 bridgehead atoms. The van der Waals surface area contributed by atoms with Gasteiger partial charge in [-0.1, -0.05) is 17.7 Å². The summed E-state index contributed by atoms with van der Waals surface area (Å²) in [5.41, 5.74) is 3.28. The van der Waals surface area contributed by atoms with Crippen LogP contribution >= 0.6 is 11.6 Å². The molecule has 9 heteroatoms. The van der Waals surface area contributed by atoms with E-state index in [1.54, 1.807) is 36.1 Å². The fraction of sp³-hybridized carbons (Fsp3) is 0.333. The summed E-state index contributed by atoms with van der Waals surface area (Å²) in [7, 11) is 0. The van der Waals surface area contributed by atoms with Gasteiger partial charge in [-0.3, -0.25) is 4.98 Å². The van der Waals surface area contributed by atoms with E-state index in [9.17, 15) is 14.3 Å². The van der Waals surface area contributed by atoms with Crippen molar-refractivity contribution in [3.63, 3.8) is 0 Å². The summed E-state index contributed by atoms with van der Waals surface area (Å²) in [6.07, 6.45) is 2.93. The quantitative estimate of drug-likeness (QED) is 0.643. The lowest BCUT2D eigenvalue weighted by atomic mass is 10.0. The Morgan fingerprint density at radius 2 is 2.23 bits per heavy atom. The van der Waals surface area contributed by atoms with Gasteiger partial charge >= 0.3 is 6.03 Å². The van der Waals surface area contributed by atoms with Crippen LogP contribution in [0.2, 0.25) is 5.02 Å². The van der Waals surface area contributed by atoms with E-state index in [4.69, 9.17) is 21.4 Å². The number of hydrogen-bond donors (Lipinski definition) is 3. The number of nitrogens with zero attached hydrogens (tertiary/aromatic N) is 2. The van der Waals surface area contributed by atoms with Crippen molar-refractivity contribution in [3.05, 3.63) is 58.4 Å². The van der Waals surface area contributed by atoms with Crippen LogP contribution < -0.4 is 10.1 Å². The minimum Gasteiger partial charge on any atom is -0.463 e. The van der Waals surface area contributed by atoms with Gasteiger partial charge in [-0.15, -0.1) is 0 Å². The molecule has 0 saturated carbocycles. The molecule has 0 saturated heterocycles. The van der Waals surface area contributed by atoms with Crippen LogP contribution in [0.25, 0.3) is 5.57 Å². The number of halogens is 2. The maximum absolute atomic E-state index is 12.6. The first kappa shape index (κ1) is 22.0. The number of benzene rings is 1. The fourth-order valence-corrected chi connectivity index (χ4v) is 3.49. The fourth-order valence-electron chi connectivity index (χ4n) is 3.20. The van der Waals surface area contributed by atoms with E-state index in [2.05, 4.69) is 10.3 Å². The van der Waals surface area contributed by atoms with E-state index in [0.717, 1.165) is 11.1 Å². The summed E-state index contributed by atoms with van der Waals surface area (Å²) in [5.74, 6) is 0.433. The van der Waals surface area contributed by atoms with Crippen molar-refractivity contribution in [1.29, 1.82) is 0 Å². The number of aryl methyl sites for hydroxylation is 1. The second-order valence-corrected chi connectivity index (χ2v) is 7.29. The van der Waals surface area contributed by atoms with Crippen LogP contribution in [-0.4, -0.2) is 52.7 Å². The molecule has 7 nitrogen and oxygen atoms in total. The number of aromatic nitrogens is 1. The molecule has 0 radical (unpaired) electrons. The molecule has 3 rings (SSSR count). The third-order valence-electron chi connectivity index (χ3n) is 4.86. The largest absolute Gasteiger partial charge is 0.463 e. The highest BCUT2D eigenvalue weighted by Gasteiger charge is 2.21. The van der Waals surface area contributed by atoms with Crippen molar-refractivity contribution in [2.75, 3.05) is 31.9 Å². The van der Waals surface area contributed by atoms with Crippen molar-refractivity contribution in [1.82, 2.24) is 9.88 Å². The number of ether oxygens (including phenoxy) is 1. The minimum atomic E-state index is -1.02. The molecule has 2 heterocycles. The lowest BCUT2D eigenvalue weighted by Crippen LogP contribution is -2.38. The summed E-state index contributed by atoms with van der Waals surface area (Å²) >= 11 is 6.30. The van der Waals surface area contributed by atoms with Gasteiger partial charge < -0.3 is 25.2 Å². The Labute approximate surface area is 178 Å². The van der Waals surface area contributed by atoms with Crippen LogP contribution in [0.15, 0.2) is 36.5 Å². The number of carbonyl (C=O) groups is 1. The third kappa shape index (κ3) is 5.08. The van der Waals surface area contributed by atoms with Gasteiger partial charge in [0, 0.05) is 30.5 Å². The molecule has 30 heavy (non-hydrogen) atoms. The lowest BCUT2D eigenvalue weighted by molar-refractivity contribution is 0.0953. The van der Waals surface area contributed by atoms with Gasteiger partial charge in [-0.25, -0.2) is 9.18 Å². The third-order valence-corrected chi connectivity index (χ3v) is 5.14. The molecule has 1 atom stereocenters. The summed E-state index contributed by atoms with van der Waals surface area (Å²) in [4.78, 5) is 18.5. The summed E-state index contributed by atoms with van der Waals surface area (Å²) in [6, 6.07) is 6.34. The highest BCUT2D eigenvalue weighted by Crippen LogP contribution is 2.29. The minimum absolute atomic E-state index is 0.246. The zero-order chi connectivity index (χ0) is 21.7. The number of rotatable bonds is 6. The number of alkyl halides is 1. The van der Waals surface area contributed by atoms with E-state index < -0.39 is 19.6 Å². The average molecular weight is 436 g/mol. The number of urea groups is 1. The lowest BCUT2D eigenvalue weighted by Gasteiger charge is -2.27. The number of carbonyl (C=O) groups excluding carboxylic acids is 1. The Bertz CT molecular complexity index is 954. The highest BCUT2D eigenvalue weighted by atomic mass is 35.5. The van der Waals surface area contributed by atoms with Gasteiger partial charge in [0.25, 0.3) is 0 Å². The first-order valence-corrected chi connectivity index (χ1v) is 9.79. The van der Waals surface area contributed by atoms with Gasteiger partial charge in [-0.2, -0.15) is 0 Å². The van der Waals surface area contributed by atoms with E-state index in [-0.39, 0.29) is 6.03 Å². The van der Waals surface area contributed by atoms with Gasteiger partial charge in [0.05, 0.1) is 17.3 Å². The topological polar surface area (TPSA) is 94.9 Å². The van der Waals surface area contributed by atoms with Crippen molar-refractivity contribution in [3.8, 4) is 5.75 Å². The molecular weight excluding hydrogens is 413 g/mol. The zero-order valence-corrected chi connectivity index (χ0v) is 17.2. The molecule has 1 aliphatic heterocycles. The van der Waals surface area contributed by atoms with Gasteiger partial charge in [0.1, 0.15) is 11.9 Å². The molecule has 0 aliphatic carbocycles. The molecule has 160 valence electrons. The zero-order valence-electron chi connectivity index (χ0n) is 16.4. The second-order valence-electron chi connectivity index (χ2n) is 6.89. The Balaban J connectivity index is 1.64.